The SMILES string of the molecule is Cc1cc2c(cc1C)C(=O)/C(=C/c1cn(-c3ccccc3)nc1-c1ccc3c(c1)OCCO3)O2. The number of allylic oxidation sites excluding steroid dienone is 1. The number of benzene rings is 3. The first-order chi connectivity index (χ1) is 16.6. The molecule has 0 saturated carbocycles. The van der Waals surface area contributed by atoms with Crippen LogP contribution in [0.5, 0.6) is 17.2 Å². The van der Waals surface area contributed by atoms with Crippen molar-refractivity contribution < 1.29 is 19.0 Å². The molecule has 3 heterocycles. The van der Waals surface area contributed by atoms with Crippen molar-refractivity contribution in [2.45, 2.75) is 13.8 Å². The summed E-state index contributed by atoms with van der Waals surface area (Å²) < 4.78 is 19.2. The van der Waals surface area contributed by atoms with Gasteiger partial charge in [0, 0.05) is 17.3 Å². The Hall–Kier alpha value is -4.32. The molecule has 0 atom stereocenters. The van der Waals surface area contributed by atoms with Gasteiger partial charge in [-0.2, -0.15) is 5.10 Å². The van der Waals surface area contributed by atoms with Gasteiger partial charge in [0.1, 0.15) is 24.7 Å². The number of carbonyl (C=O) groups is 1. The number of rotatable bonds is 3. The third-order valence-corrected chi connectivity index (χ3v) is 6.15. The number of nitrogens with zero attached hydrogens (tertiary/aromatic N) is 2. The van der Waals surface area contributed by atoms with E-state index in [4.69, 9.17) is 19.3 Å². The molecule has 0 amide bonds. The van der Waals surface area contributed by atoms with E-state index in [9.17, 15) is 4.79 Å². The topological polar surface area (TPSA) is 62.6 Å². The lowest BCUT2D eigenvalue weighted by Gasteiger charge is -2.18. The van der Waals surface area contributed by atoms with Gasteiger partial charge in [0.25, 0.3) is 0 Å². The van der Waals surface area contributed by atoms with Gasteiger partial charge < -0.3 is 14.2 Å². The van der Waals surface area contributed by atoms with E-state index in [0.29, 0.717) is 41.7 Å². The maximum absolute atomic E-state index is 13.1. The molecule has 0 radical (unpaired) electrons. The number of hydrogen-bond acceptors (Lipinski definition) is 5. The van der Waals surface area contributed by atoms with Gasteiger partial charge in [-0.15, -0.1) is 0 Å². The molecule has 3 aromatic carbocycles. The predicted octanol–water partition coefficient (Wildman–Crippen LogP) is 5.54. The molecule has 4 aromatic rings. The van der Waals surface area contributed by atoms with Crippen molar-refractivity contribution in [1.29, 1.82) is 0 Å². The zero-order valence-corrected chi connectivity index (χ0v) is 18.9. The number of aromatic nitrogens is 2. The number of aryl methyl sites for hydroxylation is 2. The molecule has 6 nitrogen and oxygen atoms in total. The maximum Gasteiger partial charge on any atom is 0.231 e. The van der Waals surface area contributed by atoms with E-state index in [2.05, 4.69) is 0 Å². The van der Waals surface area contributed by atoms with Gasteiger partial charge in [0.15, 0.2) is 17.3 Å². The number of Topliss-reactive ketones (excluding diaryl/α,β-unsaturated/α-hetero) is 1. The first-order valence-corrected chi connectivity index (χ1v) is 11.2. The normalized spacial score (nSPS) is 15.4. The summed E-state index contributed by atoms with van der Waals surface area (Å²) in [7, 11) is 0. The van der Waals surface area contributed by atoms with Crippen molar-refractivity contribution in [2.24, 2.45) is 0 Å². The molecule has 6 rings (SSSR count). The average Bonchev–Trinajstić information content (AvgIpc) is 3.41. The summed E-state index contributed by atoms with van der Waals surface area (Å²) in [5, 5.41) is 4.85. The van der Waals surface area contributed by atoms with Crippen LogP contribution in [0, 0.1) is 13.8 Å². The van der Waals surface area contributed by atoms with Crippen LogP contribution in [0.1, 0.15) is 27.0 Å². The molecule has 0 spiro atoms. The maximum atomic E-state index is 13.1. The lowest BCUT2D eigenvalue weighted by Crippen LogP contribution is -2.15. The Kier molecular flexibility index (Phi) is 4.73. The number of para-hydroxylation sites is 1. The van der Waals surface area contributed by atoms with E-state index in [1.165, 1.54) is 0 Å². The summed E-state index contributed by atoms with van der Waals surface area (Å²) in [6, 6.07) is 19.4. The Balaban J connectivity index is 1.47. The Morgan fingerprint density at radius 2 is 1.65 bits per heavy atom. The van der Waals surface area contributed by atoms with Crippen LogP contribution in [0.15, 0.2) is 72.6 Å². The number of carbonyl (C=O) groups excluding carboxylic acids is 1. The van der Waals surface area contributed by atoms with Crippen LogP contribution >= 0.6 is 0 Å². The smallest absolute Gasteiger partial charge is 0.231 e. The second-order valence-electron chi connectivity index (χ2n) is 8.44. The van der Waals surface area contributed by atoms with Crippen LogP contribution < -0.4 is 14.2 Å². The highest BCUT2D eigenvalue weighted by Crippen LogP contribution is 2.38. The van der Waals surface area contributed by atoms with E-state index in [1.807, 2.05) is 80.7 Å². The second kappa shape index (κ2) is 7.92. The molecular formula is C28H22N2O4. The first kappa shape index (κ1) is 20.3. The van der Waals surface area contributed by atoms with Crippen LogP contribution in [-0.2, 0) is 0 Å². The van der Waals surface area contributed by atoms with E-state index >= 15 is 0 Å². The lowest BCUT2D eigenvalue weighted by atomic mass is 10.0. The summed E-state index contributed by atoms with van der Waals surface area (Å²) in [6.07, 6.45) is 3.68. The van der Waals surface area contributed by atoms with Gasteiger partial charge in [-0.05, 0) is 73.5 Å². The monoisotopic (exact) mass is 450 g/mol. The largest absolute Gasteiger partial charge is 0.486 e. The Morgan fingerprint density at radius 3 is 2.47 bits per heavy atom. The van der Waals surface area contributed by atoms with E-state index in [1.54, 1.807) is 10.8 Å². The van der Waals surface area contributed by atoms with Gasteiger partial charge in [-0.25, -0.2) is 4.68 Å². The van der Waals surface area contributed by atoms with Gasteiger partial charge in [-0.1, -0.05) is 18.2 Å². The van der Waals surface area contributed by atoms with Crippen molar-refractivity contribution in [2.75, 3.05) is 13.2 Å². The van der Waals surface area contributed by atoms with Crippen molar-refractivity contribution >= 4 is 11.9 Å². The van der Waals surface area contributed by atoms with E-state index in [0.717, 1.165) is 27.9 Å². The highest BCUT2D eigenvalue weighted by Gasteiger charge is 2.29. The average molecular weight is 450 g/mol. The van der Waals surface area contributed by atoms with Crippen LogP contribution in [0.2, 0.25) is 0 Å². The Bertz CT molecular complexity index is 1470. The van der Waals surface area contributed by atoms with Crippen molar-refractivity contribution in [3.05, 3.63) is 94.9 Å². The number of hydrogen-bond donors (Lipinski definition) is 0. The van der Waals surface area contributed by atoms with Gasteiger partial charge >= 0.3 is 0 Å². The minimum Gasteiger partial charge on any atom is -0.486 e. The molecule has 0 unspecified atom stereocenters. The molecule has 2 aliphatic rings. The Morgan fingerprint density at radius 1 is 0.882 bits per heavy atom. The third kappa shape index (κ3) is 3.44. The summed E-state index contributed by atoms with van der Waals surface area (Å²) in [5.74, 6) is 2.15. The van der Waals surface area contributed by atoms with Crippen LogP contribution in [0.25, 0.3) is 23.0 Å². The molecule has 0 saturated heterocycles. The molecule has 1 aromatic heterocycles. The van der Waals surface area contributed by atoms with E-state index < -0.39 is 0 Å². The second-order valence-corrected chi connectivity index (χ2v) is 8.44. The fourth-order valence-corrected chi connectivity index (χ4v) is 4.21. The summed E-state index contributed by atoms with van der Waals surface area (Å²) in [5.41, 5.74) is 6.00. The zero-order chi connectivity index (χ0) is 23.2. The molecule has 168 valence electrons. The zero-order valence-electron chi connectivity index (χ0n) is 18.9. The first-order valence-electron chi connectivity index (χ1n) is 11.2. The molecule has 0 fully saturated rings. The van der Waals surface area contributed by atoms with Gasteiger partial charge in [0.2, 0.25) is 5.78 Å². The molecule has 0 aliphatic carbocycles. The van der Waals surface area contributed by atoms with Crippen molar-refractivity contribution in [3.63, 3.8) is 0 Å². The fraction of sp³-hybridized carbons (Fsp3) is 0.143. The molecule has 34 heavy (non-hydrogen) atoms. The van der Waals surface area contributed by atoms with Crippen LogP contribution in [0.3, 0.4) is 0 Å². The molecular weight excluding hydrogens is 428 g/mol. The molecule has 2 aliphatic heterocycles. The molecule has 0 N–H and O–H groups in total. The number of ether oxygens (including phenoxy) is 3. The lowest BCUT2D eigenvalue weighted by molar-refractivity contribution is 0.101. The number of fused-ring (bicyclic) bond motifs is 2. The molecule has 0 bridgehead atoms. The minimum absolute atomic E-state index is 0.126. The number of ketones is 1. The Labute approximate surface area is 197 Å². The highest BCUT2D eigenvalue weighted by molar-refractivity contribution is 6.14. The van der Waals surface area contributed by atoms with E-state index in [-0.39, 0.29) is 11.5 Å². The van der Waals surface area contributed by atoms with Crippen LogP contribution in [-0.4, -0.2) is 28.8 Å². The fourth-order valence-electron chi connectivity index (χ4n) is 4.21. The third-order valence-electron chi connectivity index (χ3n) is 6.15. The minimum atomic E-state index is -0.126. The van der Waals surface area contributed by atoms with Crippen molar-refractivity contribution in [3.8, 4) is 34.2 Å². The summed E-state index contributed by atoms with van der Waals surface area (Å²) in [4.78, 5) is 13.1. The van der Waals surface area contributed by atoms with Gasteiger partial charge in [0.05, 0.1) is 11.3 Å². The highest BCUT2D eigenvalue weighted by atomic mass is 16.6. The van der Waals surface area contributed by atoms with Crippen molar-refractivity contribution in [1.82, 2.24) is 9.78 Å². The predicted molar refractivity (Wildman–Crippen MR) is 129 cm³/mol. The quantitative estimate of drug-likeness (QED) is 0.383. The van der Waals surface area contributed by atoms with Crippen LogP contribution in [0.4, 0.5) is 0 Å². The standard InChI is InChI=1S/C28H22N2O4/c1-17-12-22-24(13-18(17)2)34-26(28(22)31)15-20-16-30(21-6-4-3-5-7-21)29-27(20)19-8-9-23-25(14-19)33-11-10-32-23/h3-9,12-16H,10-11H2,1-2H3/b26-15-. The van der Waals surface area contributed by atoms with Gasteiger partial charge in [-0.3, -0.25) is 4.79 Å². The molecule has 6 heteroatoms. The summed E-state index contributed by atoms with van der Waals surface area (Å²) >= 11 is 0. The summed E-state index contributed by atoms with van der Waals surface area (Å²) in [6.45, 7) is 5.04.